The number of benzene rings is 1. The summed E-state index contributed by atoms with van der Waals surface area (Å²) in [5.41, 5.74) is 2.93. The number of nitrogens with zero attached hydrogens (tertiary/aromatic N) is 1. The van der Waals surface area contributed by atoms with E-state index in [9.17, 15) is 5.11 Å². The second-order valence-electron chi connectivity index (χ2n) is 5.81. The van der Waals surface area contributed by atoms with Crippen LogP contribution in [0.1, 0.15) is 32.4 Å². The number of aliphatic hydroxyl groups excluding tert-OH is 1. The molecule has 0 saturated carbocycles. The van der Waals surface area contributed by atoms with E-state index in [-0.39, 0.29) is 0 Å². The predicted octanol–water partition coefficient (Wildman–Crippen LogP) is 5.46. The van der Waals surface area contributed by atoms with Crippen molar-refractivity contribution in [3.63, 3.8) is 0 Å². The molecule has 2 rings (SSSR count). The van der Waals surface area contributed by atoms with E-state index in [0.717, 1.165) is 5.57 Å². The average molecular weight is 382 g/mol. The molecule has 25 heavy (non-hydrogen) atoms. The van der Waals surface area contributed by atoms with Crippen LogP contribution in [-0.4, -0.2) is 23.8 Å². The number of aliphatic hydroxyl groups is 1. The van der Waals surface area contributed by atoms with E-state index in [0.29, 0.717) is 44.8 Å². The van der Waals surface area contributed by atoms with Gasteiger partial charge in [-0.3, -0.25) is 4.98 Å². The van der Waals surface area contributed by atoms with E-state index in [1.165, 1.54) is 12.4 Å². The number of pyridine rings is 1. The fourth-order valence-electron chi connectivity index (χ4n) is 2.43. The lowest BCUT2D eigenvalue weighted by Gasteiger charge is -2.21. The summed E-state index contributed by atoms with van der Waals surface area (Å²) in [6.07, 6.45) is 4.22. The van der Waals surface area contributed by atoms with Crippen LogP contribution in [0.15, 0.2) is 36.2 Å². The molecule has 134 valence electrons. The zero-order valence-electron chi connectivity index (χ0n) is 14.6. The molecule has 4 nitrogen and oxygen atoms in total. The molecule has 0 spiro atoms. The molecule has 0 saturated heterocycles. The molecule has 0 aliphatic carbocycles. The number of methoxy groups -OCH3 is 1. The summed E-state index contributed by atoms with van der Waals surface area (Å²) in [6.45, 7) is 6.01. The Hall–Kier alpha value is -1.75. The summed E-state index contributed by atoms with van der Waals surface area (Å²) in [6, 6.07) is 3.53. The van der Waals surface area contributed by atoms with Gasteiger partial charge in [0.1, 0.15) is 6.61 Å². The minimum atomic E-state index is -0.744. The largest absolute Gasteiger partial charge is 0.493 e. The number of hydrogen-bond acceptors (Lipinski definition) is 4. The minimum Gasteiger partial charge on any atom is -0.493 e. The summed E-state index contributed by atoms with van der Waals surface area (Å²) in [5, 5.41) is 11.0. The third-order valence-corrected chi connectivity index (χ3v) is 4.22. The van der Waals surface area contributed by atoms with Crippen LogP contribution in [0, 0.1) is 0 Å². The van der Waals surface area contributed by atoms with E-state index < -0.39 is 6.10 Å². The van der Waals surface area contributed by atoms with Gasteiger partial charge in [-0.2, -0.15) is 0 Å². The molecule has 1 aromatic carbocycles. The van der Waals surface area contributed by atoms with Crippen molar-refractivity contribution in [1.82, 2.24) is 4.98 Å². The second-order valence-corrected chi connectivity index (χ2v) is 6.62. The molecular formula is C19H21Cl2NO3. The average Bonchev–Trinajstić information content (AvgIpc) is 2.54. The lowest BCUT2D eigenvalue weighted by atomic mass is 9.95. The molecule has 1 aromatic heterocycles. The van der Waals surface area contributed by atoms with Gasteiger partial charge < -0.3 is 14.6 Å². The zero-order valence-corrected chi connectivity index (χ0v) is 16.1. The maximum Gasteiger partial charge on any atom is 0.169 e. The van der Waals surface area contributed by atoms with Crippen molar-refractivity contribution in [3.8, 4) is 22.6 Å². The molecule has 1 heterocycles. The van der Waals surface area contributed by atoms with Gasteiger partial charge in [-0.1, -0.05) is 34.8 Å². The Balaban J connectivity index is 2.74. The summed E-state index contributed by atoms with van der Waals surface area (Å²) < 4.78 is 11.4. The van der Waals surface area contributed by atoms with Crippen LogP contribution in [-0.2, 0) is 0 Å². The summed E-state index contributed by atoms with van der Waals surface area (Å²) in [7, 11) is 1.56. The Bertz CT molecular complexity index is 764. The Kier molecular flexibility index (Phi) is 6.71. The van der Waals surface area contributed by atoms with Crippen molar-refractivity contribution in [2.45, 2.75) is 26.9 Å². The Labute approximate surface area is 158 Å². The first-order valence-electron chi connectivity index (χ1n) is 7.81. The van der Waals surface area contributed by atoms with Crippen molar-refractivity contribution < 1.29 is 14.6 Å². The Morgan fingerprint density at radius 1 is 1.20 bits per heavy atom. The molecule has 2 aromatic rings. The molecule has 0 bridgehead atoms. The fourth-order valence-corrected chi connectivity index (χ4v) is 2.98. The SMILES string of the molecule is COc1ccc(C(C)O)c(-c2c(Cl)cncc2Cl)c1OCC=C(C)C. The van der Waals surface area contributed by atoms with Gasteiger partial charge in [-0.15, -0.1) is 0 Å². The van der Waals surface area contributed by atoms with Crippen LogP contribution in [0.3, 0.4) is 0 Å². The van der Waals surface area contributed by atoms with E-state index in [2.05, 4.69) is 4.98 Å². The van der Waals surface area contributed by atoms with Crippen LogP contribution in [0.2, 0.25) is 10.0 Å². The zero-order chi connectivity index (χ0) is 18.6. The van der Waals surface area contributed by atoms with E-state index in [1.54, 1.807) is 26.2 Å². The van der Waals surface area contributed by atoms with Gasteiger partial charge in [0.2, 0.25) is 0 Å². The first-order chi connectivity index (χ1) is 11.9. The topological polar surface area (TPSA) is 51.6 Å². The van der Waals surface area contributed by atoms with Crippen molar-refractivity contribution >= 4 is 23.2 Å². The monoisotopic (exact) mass is 381 g/mol. The van der Waals surface area contributed by atoms with Crippen LogP contribution in [0.5, 0.6) is 11.5 Å². The van der Waals surface area contributed by atoms with Crippen LogP contribution >= 0.6 is 23.2 Å². The quantitative estimate of drug-likeness (QED) is 0.674. The van der Waals surface area contributed by atoms with Crippen LogP contribution in [0.25, 0.3) is 11.1 Å². The lowest BCUT2D eigenvalue weighted by molar-refractivity contribution is 0.199. The predicted molar refractivity (Wildman–Crippen MR) is 102 cm³/mol. The van der Waals surface area contributed by atoms with E-state index in [4.69, 9.17) is 32.7 Å². The summed E-state index contributed by atoms with van der Waals surface area (Å²) in [4.78, 5) is 3.99. The van der Waals surface area contributed by atoms with E-state index >= 15 is 0 Å². The molecule has 0 aliphatic rings. The Morgan fingerprint density at radius 2 is 1.84 bits per heavy atom. The highest BCUT2D eigenvalue weighted by Gasteiger charge is 2.23. The van der Waals surface area contributed by atoms with Crippen LogP contribution in [0.4, 0.5) is 0 Å². The Morgan fingerprint density at radius 3 is 2.36 bits per heavy atom. The van der Waals surface area contributed by atoms with Gasteiger partial charge in [0.25, 0.3) is 0 Å². The number of ether oxygens (including phenoxy) is 2. The van der Waals surface area contributed by atoms with Crippen molar-refractivity contribution in [2.75, 3.05) is 13.7 Å². The van der Waals surface area contributed by atoms with Gasteiger partial charge >= 0.3 is 0 Å². The lowest BCUT2D eigenvalue weighted by Crippen LogP contribution is -2.04. The highest BCUT2D eigenvalue weighted by Crippen LogP contribution is 2.47. The molecular weight excluding hydrogens is 361 g/mol. The molecule has 1 N–H and O–H groups in total. The third-order valence-electron chi connectivity index (χ3n) is 3.65. The highest BCUT2D eigenvalue weighted by atomic mass is 35.5. The summed E-state index contributed by atoms with van der Waals surface area (Å²) in [5.74, 6) is 1.01. The standard InChI is InChI=1S/C19H21Cl2NO3/c1-11(2)7-8-25-19-16(24-4)6-5-13(12(3)23)17(19)18-14(20)9-22-10-15(18)21/h5-7,9-10,12,23H,8H2,1-4H3. The number of allylic oxidation sites excluding steroid dienone is 1. The maximum absolute atomic E-state index is 10.2. The first-order valence-corrected chi connectivity index (χ1v) is 8.56. The number of hydrogen-bond donors (Lipinski definition) is 1. The van der Waals surface area contributed by atoms with Crippen LogP contribution < -0.4 is 9.47 Å². The van der Waals surface area contributed by atoms with Crippen molar-refractivity contribution in [2.24, 2.45) is 0 Å². The fraction of sp³-hybridized carbons (Fsp3) is 0.316. The molecule has 0 aliphatic heterocycles. The number of aromatic nitrogens is 1. The summed E-state index contributed by atoms with van der Waals surface area (Å²) >= 11 is 12.7. The van der Waals surface area contributed by atoms with Gasteiger partial charge in [-0.05, 0) is 38.5 Å². The molecule has 0 radical (unpaired) electrons. The van der Waals surface area contributed by atoms with Gasteiger partial charge in [-0.25, -0.2) is 0 Å². The van der Waals surface area contributed by atoms with Gasteiger partial charge in [0.05, 0.1) is 23.3 Å². The molecule has 0 amide bonds. The van der Waals surface area contributed by atoms with Gasteiger partial charge in [0, 0.05) is 23.5 Å². The molecule has 6 heteroatoms. The number of rotatable bonds is 6. The van der Waals surface area contributed by atoms with Crippen molar-refractivity contribution in [3.05, 3.63) is 51.8 Å². The second kappa shape index (κ2) is 8.56. The van der Waals surface area contributed by atoms with Crippen molar-refractivity contribution in [1.29, 1.82) is 0 Å². The minimum absolute atomic E-state index is 0.356. The first kappa shape index (κ1) is 19.6. The smallest absolute Gasteiger partial charge is 0.169 e. The van der Waals surface area contributed by atoms with Gasteiger partial charge in [0.15, 0.2) is 11.5 Å². The highest BCUT2D eigenvalue weighted by molar-refractivity contribution is 6.39. The normalized spacial score (nSPS) is 11.8. The van der Waals surface area contributed by atoms with E-state index in [1.807, 2.05) is 19.9 Å². The third kappa shape index (κ3) is 4.46. The molecule has 1 atom stereocenters. The molecule has 0 fully saturated rings. The molecule has 1 unspecified atom stereocenters. The maximum atomic E-state index is 10.2. The number of halogens is 2.